The smallest absolute Gasteiger partial charge is 0.0895 e. The highest BCUT2D eigenvalue weighted by atomic mass is 16.5. The van der Waals surface area contributed by atoms with Crippen LogP contribution in [0.4, 0.5) is 0 Å². The number of ether oxygens (including phenoxy) is 3. The van der Waals surface area contributed by atoms with Gasteiger partial charge >= 0.3 is 0 Å². The van der Waals surface area contributed by atoms with Crippen molar-refractivity contribution in [2.75, 3.05) is 26.4 Å². The largest absolute Gasteiger partial charge is 0.501 e. The van der Waals surface area contributed by atoms with E-state index in [9.17, 15) is 0 Å². The topological polar surface area (TPSA) is 27.7 Å². The summed E-state index contributed by atoms with van der Waals surface area (Å²) in [5.41, 5.74) is 4.60. The summed E-state index contributed by atoms with van der Waals surface area (Å²) in [4.78, 5) is 0. The van der Waals surface area contributed by atoms with Crippen LogP contribution in [0.5, 0.6) is 0 Å². The summed E-state index contributed by atoms with van der Waals surface area (Å²) in [6, 6.07) is 8.45. The minimum atomic E-state index is 0.687. The van der Waals surface area contributed by atoms with Crippen LogP contribution in [0.15, 0.2) is 36.8 Å². The number of hydrogen-bond acceptors (Lipinski definition) is 3. The number of allylic oxidation sites excluding steroid dienone is 2. The Labute approximate surface area is 141 Å². The minimum absolute atomic E-state index is 0.687. The van der Waals surface area contributed by atoms with Gasteiger partial charge in [0.05, 0.1) is 25.7 Å². The monoisotopic (exact) mass is 318 g/mol. The maximum absolute atomic E-state index is 5.57. The van der Waals surface area contributed by atoms with Crippen LogP contribution in [-0.2, 0) is 14.2 Å². The molecule has 0 spiro atoms. The van der Waals surface area contributed by atoms with Crippen LogP contribution in [-0.4, -0.2) is 26.4 Å². The summed E-state index contributed by atoms with van der Waals surface area (Å²) in [5.74, 6) is 0. The van der Waals surface area contributed by atoms with E-state index in [2.05, 4.69) is 45.0 Å². The van der Waals surface area contributed by atoms with E-state index in [0.29, 0.717) is 6.61 Å². The summed E-state index contributed by atoms with van der Waals surface area (Å²) in [6.07, 6.45) is 5.60. The van der Waals surface area contributed by atoms with Crippen molar-refractivity contribution in [1.29, 1.82) is 0 Å². The molecular formula is C20H30O3. The maximum Gasteiger partial charge on any atom is 0.0895 e. The zero-order valence-corrected chi connectivity index (χ0v) is 14.9. The van der Waals surface area contributed by atoms with E-state index in [0.717, 1.165) is 43.8 Å². The van der Waals surface area contributed by atoms with Gasteiger partial charge in [0.1, 0.15) is 0 Å². The molecule has 0 aliphatic carbocycles. The second-order valence-electron chi connectivity index (χ2n) is 5.47. The molecule has 1 rings (SSSR count). The van der Waals surface area contributed by atoms with Crippen LogP contribution in [0.2, 0.25) is 0 Å². The second-order valence-corrected chi connectivity index (χ2v) is 5.47. The quantitative estimate of drug-likeness (QED) is 0.410. The molecule has 0 saturated heterocycles. The SMILES string of the molecule is CCCOC=C(C)c1ccc(C(C)=COCCCOCC)cc1. The van der Waals surface area contributed by atoms with Gasteiger partial charge in [-0.2, -0.15) is 0 Å². The molecular weight excluding hydrogens is 288 g/mol. The van der Waals surface area contributed by atoms with E-state index in [1.807, 2.05) is 19.4 Å². The van der Waals surface area contributed by atoms with Gasteiger partial charge < -0.3 is 14.2 Å². The normalized spacial score (nSPS) is 12.3. The van der Waals surface area contributed by atoms with Crippen LogP contribution in [0.3, 0.4) is 0 Å². The molecule has 0 radical (unpaired) electrons. The van der Waals surface area contributed by atoms with Crippen molar-refractivity contribution in [2.24, 2.45) is 0 Å². The second kappa shape index (κ2) is 11.8. The van der Waals surface area contributed by atoms with Gasteiger partial charge in [0.2, 0.25) is 0 Å². The first-order chi connectivity index (χ1) is 11.2. The lowest BCUT2D eigenvalue weighted by atomic mass is 10.0. The van der Waals surface area contributed by atoms with E-state index < -0.39 is 0 Å². The third-order valence-corrected chi connectivity index (χ3v) is 3.39. The molecule has 3 nitrogen and oxygen atoms in total. The molecule has 0 amide bonds. The third kappa shape index (κ3) is 7.89. The maximum atomic E-state index is 5.57. The Morgan fingerprint density at radius 2 is 1.35 bits per heavy atom. The van der Waals surface area contributed by atoms with Gasteiger partial charge in [-0.05, 0) is 49.5 Å². The van der Waals surface area contributed by atoms with Gasteiger partial charge in [0, 0.05) is 19.6 Å². The molecule has 23 heavy (non-hydrogen) atoms. The van der Waals surface area contributed by atoms with Gasteiger partial charge in [0.25, 0.3) is 0 Å². The summed E-state index contributed by atoms with van der Waals surface area (Å²) in [5, 5.41) is 0. The Bertz CT molecular complexity index is 486. The molecule has 0 bridgehead atoms. The van der Waals surface area contributed by atoms with Crippen molar-refractivity contribution in [3.8, 4) is 0 Å². The molecule has 0 unspecified atom stereocenters. The van der Waals surface area contributed by atoms with Gasteiger partial charge in [-0.3, -0.25) is 0 Å². The molecule has 0 atom stereocenters. The summed E-state index contributed by atoms with van der Waals surface area (Å²) in [7, 11) is 0. The highest BCUT2D eigenvalue weighted by Crippen LogP contribution is 2.19. The van der Waals surface area contributed by atoms with Crippen LogP contribution >= 0.6 is 0 Å². The average Bonchev–Trinajstić information content (AvgIpc) is 2.58. The van der Waals surface area contributed by atoms with E-state index in [1.165, 1.54) is 11.1 Å². The van der Waals surface area contributed by atoms with Crippen LogP contribution in [0.25, 0.3) is 11.1 Å². The minimum Gasteiger partial charge on any atom is -0.501 e. The zero-order chi connectivity index (χ0) is 16.9. The highest BCUT2D eigenvalue weighted by Gasteiger charge is 1.99. The Morgan fingerprint density at radius 1 is 0.826 bits per heavy atom. The average molecular weight is 318 g/mol. The van der Waals surface area contributed by atoms with Crippen molar-refractivity contribution in [3.05, 3.63) is 47.9 Å². The van der Waals surface area contributed by atoms with Gasteiger partial charge in [-0.25, -0.2) is 0 Å². The highest BCUT2D eigenvalue weighted by molar-refractivity contribution is 5.68. The molecule has 0 aliphatic rings. The predicted molar refractivity (Wildman–Crippen MR) is 97.0 cm³/mol. The summed E-state index contributed by atoms with van der Waals surface area (Å²) < 4.78 is 16.3. The standard InChI is InChI=1S/C20H30O3/c1-5-12-22-15-17(3)19-8-10-20(11-9-19)18(4)16-23-14-7-13-21-6-2/h8-11,15-16H,5-7,12-14H2,1-4H3. The number of benzene rings is 1. The van der Waals surface area contributed by atoms with E-state index in [1.54, 1.807) is 0 Å². The third-order valence-electron chi connectivity index (χ3n) is 3.39. The van der Waals surface area contributed by atoms with Gasteiger partial charge in [-0.15, -0.1) is 0 Å². The Morgan fingerprint density at radius 3 is 1.83 bits per heavy atom. The predicted octanol–water partition coefficient (Wildman–Crippen LogP) is 5.28. The van der Waals surface area contributed by atoms with Crippen LogP contribution < -0.4 is 0 Å². The summed E-state index contributed by atoms with van der Waals surface area (Å²) in [6.45, 7) is 11.2. The molecule has 0 aliphatic heterocycles. The van der Waals surface area contributed by atoms with Gasteiger partial charge in [0.15, 0.2) is 0 Å². The summed E-state index contributed by atoms with van der Waals surface area (Å²) >= 11 is 0. The lowest BCUT2D eigenvalue weighted by Crippen LogP contribution is -1.98. The lowest BCUT2D eigenvalue weighted by Gasteiger charge is -2.07. The zero-order valence-electron chi connectivity index (χ0n) is 14.9. The van der Waals surface area contributed by atoms with Crippen LogP contribution in [0, 0.1) is 0 Å². The molecule has 1 aromatic rings. The first-order valence-corrected chi connectivity index (χ1v) is 8.44. The van der Waals surface area contributed by atoms with Crippen molar-refractivity contribution in [2.45, 2.75) is 40.5 Å². The molecule has 0 saturated carbocycles. The van der Waals surface area contributed by atoms with E-state index in [4.69, 9.17) is 14.2 Å². The van der Waals surface area contributed by atoms with Crippen LogP contribution in [0.1, 0.15) is 51.7 Å². The first-order valence-electron chi connectivity index (χ1n) is 8.44. The van der Waals surface area contributed by atoms with Crippen molar-refractivity contribution in [1.82, 2.24) is 0 Å². The van der Waals surface area contributed by atoms with Crippen molar-refractivity contribution >= 4 is 11.1 Å². The fourth-order valence-corrected chi connectivity index (χ4v) is 2.01. The first kappa shape index (κ1) is 19.3. The lowest BCUT2D eigenvalue weighted by molar-refractivity contribution is 0.122. The molecule has 0 aromatic heterocycles. The Hall–Kier alpha value is -1.74. The van der Waals surface area contributed by atoms with Gasteiger partial charge in [-0.1, -0.05) is 31.2 Å². The fraction of sp³-hybridized carbons (Fsp3) is 0.500. The number of hydrogen-bond donors (Lipinski definition) is 0. The Balaban J connectivity index is 2.49. The molecule has 0 fully saturated rings. The molecule has 3 heteroatoms. The fourth-order valence-electron chi connectivity index (χ4n) is 2.01. The molecule has 0 N–H and O–H groups in total. The molecule has 0 heterocycles. The number of rotatable bonds is 11. The molecule has 128 valence electrons. The van der Waals surface area contributed by atoms with E-state index >= 15 is 0 Å². The Kier molecular flexibility index (Phi) is 9.89. The van der Waals surface area contributed by atoms with Crippen molar-refractivity contribution in [3.63, 3.8) is 0 Å². The van der Waals surface area contributed by atoms with Crippen molar-refractivity contribution < 1.29 is 14.2 Å². The molecule has 1 aromatic carbocycles. The van der Waals surface area contributed by atoms with E-state index in [-0.39, 0.29) is 0 Å².